The Bertz CT molecular complexity index is 1160. The van der Waals surface area contributed by atoms with Gasteiger partial charge >= 0.3 is 0 Å². The van der Waals surface area contributed by atoms with Gasteiger partial charge in [0, 0.05) is 49.1 Å². The number of nitro groups is 1. The standard InChI is InChI=1S/C23H26ClN5O4.ClH/c1-33-21-5-2-16(12-20(21)24)14-25-22-19-13-17(29(31)32)3-4-18(19)23(27-26-22)28-9-6-15(7-10-28)8-11-30;/h2-5,12-13,15,30H,6-11,14H2,1H3,(H,25,26);1H. The molecular weight excluding hydrogens is 481 g/mol. The van der Waals surface area contributed by atoms with E-state index in [4.69, 9.17) is 16.3 Å². The monoisotopic (exact) mass is 507 g/mol. The number of anilines is 2. The Morgan fingerprint density at radius 1 is 1.21 bits per heavy atom. The van der Waals surface area contributed by atoms with Crippen LogP contribution in [0.3, 0.4) is 0 Å². The molecule has 1 saturated heterocycles. The second kappa shape index (κ2) is 11.5. The summed E-state index contributed by atoms with van der Waals surface area (Å²) < 4.78 is 5.19. The van der Waals surface area contributed by atoms with Gasteiger partial charge in [0.05, 0.1) is 17.1 Å². The Balaban J connectivity index is 0.00000324. The van der Waals surface area contributed by atoms with Crippen LogP contribution in [0.1, 0.15) is 24.8 Å². The van der Waals surface area contributed by atoms with E-state index in [1.807, 2.05) is 6.07 Å². The average Bonchev–Trinajstić information content (AvgIpc) is 2.83. The molecule has 1 aliphatic rings. The molecule has 1 aliphatic heterocycles. The molecule has 3 aromatic rings. The number of aliphatic hydroxyl groups excluding tert-OH is 1. The number of non-ortho nitro benzene ring substituents is 1. The number of aliphatic hydroxyl groups is 1. The quantitative estimate of drug-likeness (QED) is 0.329. The van der Waals surface area contributed by atoms with Gasteiger partial charge in [-0.05, 0) is 48.9 Å². The third kappa shape index (κ3) is 5.60. The molecule has 0 amide bonds. The van der Waals surface area contributed by atoms with Gasteiger partial charge < -0.3 is 20.1 Å². The maximum absolute atomic E-state index is 11.4. The highest BCUT2D eigenvalue weighted by atomic mass is 35.5. The molecule has 0 atom stereocenters. The van der Waals surface area contributed by atoms with Crippen molar-refractivity contribution in [1.82, 2.24) is 10.2 Å². The topological polar surface area (TPSA) is 114 Å². The molecule has 182 valence electrons. The van der Waals surface area contributed by atoms with E-state index in [-0.39, 0.29) is 24.7 Å². The third-order valence-corrected chi connectivity index (χ3v) is 6.38. The Labute approximate surface area is 208 Å². The summed E-state index contributed by atoms with van der Waals surface area (Å²) in [5, 5.41) is 34.7. The number of fused-ring (bicyclic) bond motifs is 1. The number of aromatic nitrogens is 2. The summed E-state index contributed by atoms with van der Waals surface area (Å²) in [5.74, 6) is 2.29. The molecule has 2 aromatic carbocycles. The molecule has 2 heterocycles. The van der Waals surface area contributed by atoms with Crippen molar-refractivity contribution in [2.45, 2.75) is 25.8 Å². The van der Waals surface area contributed by atoms with Crippen molar-refractivity contribution in [3.63, 3.8) is 0 Å². The lowest BCUT2D eigenvalue weighted by atomic mass is 9.94. The van der Waals surface area contributed by atoms with Gasteiger partial charge in [0.2, 0.25) is 0 Å². The van der Waals surface area contributed by atoms with E-state index in [2.05, 4.69) is 20.4 Å². The summed E-state index contributed by atoms with van der Waals surface area (Å²) in [6.07, 6.45) is 2.74. The largest absolute Gasteiger partial charge is 0.495 e. The number of nitrogens with one attached hydrogen (secondary N) is 1. The van der Waals surface area contributed by atoms with E-state index in [0.29, 0.717) is 34.4 Å². The van der Waals surface area contributed by atoms with Gasteiger partial charge in [-0.15, -0.1) is 22.6 Å². The van der Waals surface area contributed by atoms with Crippen LogP contribution in [0.2, 0.25) is 5.02 Å². The lowest BCUT2D eigenvalue weighted by Gasteiger charge is -2.33. The van der Waals surface area contributed by atoms with E-state index < -0.39 is 4.92 Å². The van der Waals surface area contributed by atoms with Crippen LogP contribution < -0.4 is 15.0 Å². The molecule has 34 heavy (non-hydrogen) atoms. The summed E-state index contributed by atoms with van der Waals surface area (Å²) in [6, 6.07) is 10.3. The van der Waals surface area contributed by atoms with Gasteiger partial charge in [-0.1, -0.05) is 17.7 Å². The molecule has 0 aliphatic carbocycles. The van der Waals surface area contributed by atoms with Crippen LogP contribution >= 0.6 is 24.0 Å². The van der Waals surface area contributed by atoms with Gasteiger partial charge in [-0.3, -0.25) is 10.1 Å². The second-order valence-electron chi connectivity index (χ2n) is 8.12. The summed E-state index contributed by atoms with van der Waals surface area (Å²) in [5.41, 5.74) is 0.912. The summed E-state index contributed by atoms with van der Waals surface area (Å²) in [6.45, 7) is 2.24. The number of ether oxygens (including phenoxy) is 1. The number of piperidine rings is 1. The van der Waals surface area contributed by atoms with Crippen LogP contribution in [0, 0.1) is 16.0 Å². The number of hydrogen-bond donors (Lipinski definition) is 2. The highest BCUT2D eigenvalue weighted by Crippen LogP contribution is 2.34. The van der Waals surface area contributed by atoms with Crippen LogP contribution in [0.15, 0.2) is 36.4 Å². The van der Waals surface area contributed by atoms with Gasteiger partial charge in [0.15, 0.2) is 11.6 Å². The predicted molar refractivity (Wildman–Crippen MR) is 135 cm³/mol. The van der Waals surface area contributed by atoms with E-state index in [1.54, 1.807) is 25.3 Å². The molecule has 0 unspecified atom stereocenters. The minimum atomic E-state index is -0.410. The van der Waals surface area contributed by atoms with Crippen molar-refractivity contribution in [3.05, 3.63) is 57.1 Å². The average molecular weight is 508 g/mol. The lowest BCUT2D eigenvalue weighted by Crippen LogP contribution is -2.34. The molecule has 4 rings (SSSR count). The van der Waals surface area contributed by atoms with Gasteiger partial charge in [-0.25, -0.2) is 0 Å². The van der Waals surface area contributed by atoms with Crippen molar-refractivity contribution >= 4 is 52.1 Å². The number of benzene rings is 2. The van der Waals surface area contributed by atoms with Gasteiger partial charge in [0.25, 0.3) is 5.69 Å². The molecule has 1 aromatic heterocycles. The highest BCUT2D eigenvalue weighted by molar-refractivity contribution is 6.32. The van der Waals surface area contributed by atoms with E-state index in [0.717, 1.165) is 49.1 Å². The molecule has 1 fully saturated rings. The van der Waals surface area contributed by atoms with Gasteiger partial charge in [-0.2, -0.15) is 0 Å². The molecule has 0 radical (unpaired) electrons. The minimum Gasteiger partial charge on any atom is -0.495 e. The Morgan fingerprint density at radius 3 is 2.62 bits per heavy atom. The second-order valence-corrected chi connectivity index (χ2v) is 8.53. The number of hydrogen-bond acceptors (Lipinski definition) is 8. The SMILES string of the molecule is COc1ccc(CNc2nnc(N3CCC(CCO)CC3)c3ccc([N+](=O)[O-])cc23)cc1Cl.Cl. The molecule has 0 bridgehead atoms. The smallest absolute Gasteiger partial charge is 0.270 e. The fourth-order valence-electron chi connectivity index (χ4n) is 4.23. The molecule has 0 saturated carbocycles. The van der Waals surface area contributed by atoms with Crippen LogP contribution in [0.5, 0.6) is 5.75 Å². The lowest BCUT2D eigenvalue weighted by molar-refractivity contribution is -0.384. The van der Waals surface area contributed by atoms with Gasteiger partial charge in [0.1, 0.15) is 5.75 Å². The normalized spacial score (nSPS) is 14.0. The minimum absolute atomic E-state index is 0. The van der Waals surface area contributed by atoms with E-state index >= 15 is 0 Å². The zero-order valence-electron chi connectivity index (χ0n) is 18.7. The third-order valence-electron chi connectivity index (χ3n) is 6.08. The molecule has 2 N–H and O–H groups in total. The van der Waals surface area contributed by atoms with Crippen molar-refractivity contribution in [2.24, 2.45) is 5.92 Å². The van der Waals surface area contributed by atoms with Crippen molar-refractivity contribution in [1.29, 1.82) is 0 Å². The zero-order valence-corrected chi connectivity index (χ0v) is 20.3. The predicted octanol–water partition coefficient (Wildman–Crippen LogP) is 4.83. The van der Waals surface area contributed by atoms with Crippen LogP contribution in [-0.4, -0.2) is 47.0 Å². The Kier molecular flexibility index (Phi) is 8.71. The Morgan fingerprint density at radius 2 is 1.97 bits per heavy atom. The fourth-order valence-corrected chi connectivity index (χ4v) is 4.51. The van der Waals surface area contributed by atoms with Crippen molar-refractivity contribution < 1.29 is 14.8 Å². The van der Waals surface area contributed by atoms with Crippen LogP contribution in [-0.2, 0) is 6.54 Å². The number of rotatable bonds is 8. The first-order valence-corrected chi connectivity index (χ1v) is 11.2. The highest BCUT2D eigenvalue weighted by Gasteiger charge is 2.23. The summed E-state index contributed by atoms with van der Waals surface area (Å²) in [4.78, 5) is 13.2. The van der Waals surface area contributed by atoms with Crippen molar-refractivity contribution in [3.8, 4) is 5.75 Å². The first-order chi connectivity index (χ1) is 16.0. The summed E-state index contributed by atoms with van der Waals surface area (Å²) >= 11 is 6.22. The molecule has 0 spiro atoms. The number of nitrogens with zero attached hydrogens (tertiary/aromatic N) is 4. The Hall–Kier alpha value is -2.88. The maximum atomic E-state index is 11.4. The molecule has 9 nitrogen and oxygen atoms in total. The maximum Gasteiger partial charge on any atom is 0.270 e. The van der Waals surface area contributed by atoms with Crippen LogP contribution in [0.4, 0.5) is 17.3 Å². The van der Waals surface area contributed by atoms with Crippen LogP contribution in [0.25, 0.3) is 10.8 Å². The van der Waals surface area contributed by atoms with Crippen molar-refractivity contribution in [2.75, 3.05) is 37.0 Å². The van der Waals surface area contributed by atoms with E-state index in [9.17, 15) is 15.2 Å². The van der Waals surface area contributed by atoms with E-state index in [1.165, 1.54) is 12.1 Å². The molecular formula is C23H27Cl2N5O4. The first kappa shape index (κ1) is 25.7. The first-order valence-electron chi connectivity index (χ1n) is 10.9. The zero-order chi connectivity index (χ0) is 23.4. The number of halogens is 2. The fraction of sp³-hybridized carbons (Fsp3) is 0.391. The summed E-state index contributed by atoms with van der Waals surface area (Å²) in [7, 11) is 1.56. The number of nitro benzene ring substituents is 1. The molecule has 11 heteroatoms. The number of methoxy groups -OCH3 is 1.